The highest BCUT2D eigenvalue weighted by Gasteiger charge is 2.29. The van der Waals surface area contributed by atoms with E-state index >= 15 is 0 Å². The number of allylic oxidation sites excluding steroid dienone is 26. The normalized spacial score (nSPS) is 14.7. The lowest BCUT2D eigenvalue weighted by Crippen LogP contribution is -2.30. The zero-order valence-electron chi connectivity index (χ0n) is 68.4. The molecule has 0 aromatic heterocycles. The molecular weight excluding hydrogens is 1410 g/mol. The molecule has 0 radical (unpaired) electrons. The van der Waals surface area contributed by atoms with Crippen LogP contribution >= 0.6 is 15.6 Å². The van der Waals surface area contributed by atoms with Crippen molar-refractivity contribution in [2.45, 2.75) is 360 Å². The van der Waals surface area contributed by atoms with Crippen molar-refractivity contribution >= 4 is 33.6 Å². The quantitative estimate of drug-likeness (QED) is 0.0146. The molecule has 0 saturated carbocycles. The molecule has 0 aliphatic carbocycles. The molecular formula is C91H154O16P2. The molecule has 0 aliphatic rings. The van der Waals surface area contributed by atoms with Crippen molar-refractivity contribution in [2.75, 3.05) is 39.6 Å². The fourth-order valence-corrected chi connectivity index (χ4v) is 12.9. The van der Waals surface area contributed by atoms with Crippen molar-refractivity contribution in [1.82, 2.24) is 0 Å². The largest absolute Gasteiger partial charge is 0.472 e. The zero-order valence-corrected chi connectivity index (χ0v) is 70.2. The maximum atomic E-state index is 13.0. The number of aliphatic hydroxyl groups excluding tert-OH is 2. The maximum absolute atomic E-state index is 13.0. The van der Waals surface area contributed by atoms with Gasteiger partial charge in [-0.3, -0.25) is 32.5 Å². The minimum Gasteiger partial charge on any atom is -0.463 e. The summed E-state index contributed by atoms with van der Waals surface area (Å²) < 4.78 is 61.3. The molecule has 5 unspecified atom stereocenters. The summed E-state index contributed by atoms with van der Waals surface area (Å²) in [6.07, 6.45) is 104. The molecule has 0 heterocycles. The summed E-state index contributed by atoms with van der Waals surface area (Å²) in [4.78, 5) is 58.8. The van der Waals surface area contributed by atoms with Gasteiger partial charge in [0.1, 0.15) is 25.4 Å². The second-order valence-electron chi connectivity index (χ2n) is 28.2. The number of phosphoric ester groups is 2. The number of hydrogen-bond acceptors (Lipinski definition) is 14. The van der Waals surface area contributed by atoms with Gasteiger partial charge in [-0.1, -0.05) is 333 Å². The summed E-state index contributed by atoms with van der Waals surface area (Å²) in [5, 5.41) is 20.7. The van der Waals surface area contributed by atoms with E-state index in [1.54, 1.807) is 0 Å². The van der Waals surface area contributed by atoms with E-state index in [-0.39, 0.29) is 19.3 Å². The number of esters is 3. The molecule has 16 nitrogen and oxygen atoms in total. The van der Waals surface area contributed by atoms with Crippen LogP contribution in [0.5, 0.6) is 0 Å². The van der Waals surface area contributed by atoms with Crippen LogP contribution in [0.3, 0.4) is 0 Å². The van der Waals surface area contributed by atoms with Gasteiger partial charge in [0.15, 0.2) is 6.10 Å². The molecule has 0 aliphatic heterocycles. The summed E-state index contributed by atoms with van der Waals surface area (Å²) in [5.74, 6) is -1.60. The van der Waals surface area contributed by atoms with Crippen molar-refractivity contribution in [3.63, 3.8) is 0 Å². The average molecular weight is 1570 g/mol. The number of hydrogen-bond donors (Lipinski definition) is 4. The van der Waals surface area contributed by atoms with E-state index in [4.69, 9.17) is 32.3 Å². The average Bonchev–Trinajstić information content (AvgIpc) is 0.904. The van der Waals surface area contributed by atoms with Crippen molar-refractivity contribution < 1.29 is 75.8 Å². The highest BCUT2D eigenvalue weighted by molar-refractivity contribution is 7.47. The first-order valence-electron chi connectivity index (χ1n) is 42.8. The molecule has 0 bridgehead atoms. The second-order valence-corrected chi connectivity index (χ2v) is 31.1. The predicted octanol–water partition coefficient (Wildman–Crippen LogP) is 25.8. The van der Waals surface area contributed by atoms with E-state index in [9.17, 15) is 43.5 Å². The molecule has 0 aromatic carbocycles. The Morgan fingerprint density at radius 3 is 0.771 bits per heavy atom. The Bertz CT molecular complexity index is 2610. The number of rotatable bonds is 80. The summed E-state index contributed by atoms with van der Waals surface area (Å²) in [6.45, 7) is 2.41. The highest BCUT2D eigenvalue weighted by atomic mass is 31.2. The lowest BCUT2D eigenvalue weighted by atomic mass is 10.0. The first-order chi connectivity index (χ1) is 53.2. The fourth-order valence-electron chi connectivity index (χ4n) is 11.3. The third-order valence-electron chi connectivity index (χ3n) is 17.7. The molecule has 0 rings (SSSR count). The first kappa shape index (κ1) is 104. The Kier molecular flexibility index (Phi) is 79.0. The van der Waals surface area contributed by atoms with Gasteiger partial charge in [0.05, 0.1) is 26.4 Å². The summed E-state index contributed by atoms with van der Waals surface area (Å²) in [7, 11) is -9.81. The second kappa shape index (κ2) is 82.6. The number of ether oxygens (including phenoxy) is 3. The van der Waals surface area contributed by atoms with Gasteiger partial charge in [-0.15, -0.1) is 0 Å². The van der Waals surface area contributed by atoms with Crippen LogP contribution in [0.1, 0.15) is 342 Å². The van der Waals surface area contributed by atoms with E-state index in [0.717, 1.165) is 173 Å². The minimum atomic E-state index is -4.94. The molecule has 5 atom stereocenters. The number of aliphatic hydroxyl groups is 2. The summed E-state index contributed by atoms with van der Waals surface area (Å²) in [5.41, 5.74) is 0. The van der Waals surface area contributed by atoms with Gasteiger partial charge in [0, 0.05) is 19.3 Å². The zero-order chi connectivity index (χ0) is 79.4. The van der Waals surface area contributed by atoms with Crippen LogP contribution in [0.4, 0.5) is 0 Å². The van der Waals surface area contributed by atoms with Crippen LogP contribution in [-0.4, -0.2) is 95.9 Å². The number of phosphoric acid groups is 2. The number of carbonyl (C=O) groups is 3. The molecule has 624 valence electrons. The number of unbranched alkanes of at least 4 members (excludes halogenated alkanes) is 31. The topological polar surface area (TPSA) is 231 Å². The summed E-state index contributed by atoms with van der Waals surface area (Å²) in [6, 6.07) is 0. The summed E-state index contributed by atoms with van der Waals surface area (Å²) >= 11 is 0. The minimum absolute atomic E-state index is 0.0788. The Labute approximate surface area is 663 Å². The molecule has 0 aromatic rings. The van der Waals surface area contributed by atoms with E-state index in [0.29, 0.717) is 19.3 Å². The SMILES string of the molecule is CC/C=C\C/C=C\C/C=C\C/C=C\C/C=C\C/C=C\CCCCCCCCCCC(=O)OCC(COP(=O)(O)OCC(O)COP(=O)(O)OCC(O)COC(=O)CCCCCCCCCCCCCCCCC/C=C\C/C=C\C/C=C\C/C=C\CCCCC)OC(=O)CCCCCCC/C=C\C/C=C\C/C=C\CC. The number of carbonyl (C=O) groups excluding carboxylic acids is 3. The van der Waals surface area contributed by atoms with Gasteiger partial charge in [-0.2, -0.15) is 0 Å². The molecule has 18 heteroatoms. The van der Waals surface area contributed by atoms with Gasteiger partial charge in [-0.25, -0.2) is 9.13 Å². The van der Waals surface area contributed by atoms with Crippen LogP contribution in [0.25, 0.3) is 0 Å². The molecule has 0 fully saturated rings. The highest BCUT2D eigenvalue weighted by Crippen LogP contribution is 2.45. The van der Waals surface area contributed by atoms with Crippen molar-refractivity contribution in [3.8, 4) is 0 Å². The van der Waals surface area contributed by atoms with E-state index in [1.165, 1.54) is 109 Å². The Hall–Kier alpha value is -4.83. The van der Waals surface area contributed by atoms with Gasteiger partial charge < -0.3 is 34.2 Å². The van der Waals surface area contributed by atoms with Crippen LogP contribution in [-0.2, 0) is 55.8 Å². The van der Waals surface area contributed by atoms with Crippen LogP contribution in [0.15, 0.2) is 158 Å². The van der Waals surface area contributed by atoms with E-state index in [2.05, 4.69) is 179 Å². The fraction of sp³-hybridized carbons (Fsp3) is 0.681. The molecule has 0 spiro atoms. The third kappa shape index (κ3) is 83.9. The lowest BCUT2D eigenvalue weighted by Gasteiger charge is -2.21. The molecule has 0 amide bonds. The Balaban J connectivity index is 4.52. The standard InChI is InChI=1S/C91H154O16P2/c1-4-7-10-13-16-19-22-25-28-30-32-34-36-38-40-41-42-43-45-47-48-50-52-54-57-59-62-65-68-71-74-77-89(94)101-80-86(92)81-103-108(97,98)104-82-87(93)83-105-109(99,100)106-85-88(107-91(96)79-76-73-70-67-64-61-56-27-24-21-18-15-12-9-6-3)84-102-90(95)78-75-72-69-66-63-60-58-55-53-51-49-46-44-39-37-35-33-31-29-26-23-20-17-14-11-8-5-2/h8-9,11-12,16-21,25-29,32-35,38-40,44,49,51,56,86-88,92-93H,4-7,10,13-15,22-24,30-31,36-37,41-43,45-48,50,52-55,57-85H2,1-3H3,(H,97,98)(H,99,100)/b11-8-,12-9-,19-16-,20-17-,21-18-,28-25-,29-26-,34-32-,35-33-,40-38-,44-39-,51-49-,56-27-. The molecule has 109 heavy (non-hydrogen) atoms. The van der Waals surface area contributed by atoms with Gasteiger partial charge in [-0.05, 0) is 148 Å². The van der Waals surface area contributed by atoms with Crippen LogP contribution in [0, 0.1) is 0 Å². The lowest BCUT2D eigenvalue weighted by molar-refractivity contribution is -0.161. The Morgan fingerprint density at radius 2 is 0.486 bits per heavy atom. The smallest absolute Gasteiger partial charge is 0.463 e. The van der Waals surface area contributed by atoms with Gasteiger partial charge >= 0.3 is 33.6 Å². The van der Waals surface area contributed by atoms with Crippen LogP contribution in [0.2, 0.25) is 0 Å². The van der Waals surface area contributed by atoms with Gasteiger partial charge in [0.25, 0.3) is 0 Å². The van der Waals surface area contributed by atoms with E-state index in [1.807, 2.05) is 0 Å². The van der Waals surface area contributed by atoms with Crippen molar-refractivity contribution in [1.29, 1.82) is 0 Å². The Morgan fingerprint density at radius 1 is 0.266 bits per heavy atom. The third-order valence-corrected chi connectivity index (χ3v) is 19.6. The predicted molar refractivity (Wildman–Crippen MR) is 454 cm³/mol. The monoisotopic (exact) mass is 1570 g/mol. The van der Waals surface area contributed by atoms with E-state index < -0.39 is 91.5 Å². The molecule has 4 N–H and O–H groups in total. The first-order valence-corrected chi connectivity index (χ1v) is 45.8. The van der Waals surface area contributed by atoms with Crippen LogP contribution < -0.4 is 0 Å². The van der Waals surface area contributed by atoms with Gasteiger partial charge in [0.2, 0.25) is 0 Å². The molecule has 0 saturated heterocycles. The van der Waals surface area contributed by atoms with Crippen molar-refractivity contribution in [3.05, 3.63) is 158 Å². The van der Waals surface area contributed by atoms with Crippen molar-refractivity contribution in [2.24, 2.45) is 0 Å². The maximum Gasteiger partial charge on any atom is 0.472 e.